The minimum absolute atomic E-state index is 0.00274. The Morgan fingerprint density at radius 2 is 2.32 bits per heavy atom. The fraction of sp³-hybridized carbons (Fsp3) is 0.500. The summed E-state index contributed by atoms with van der Waals surface area (Å²) >= 11 is 0. The van der Waals surface area contributed by atoms with Crippen LogP contribution in [0.25, 0.3) is 0 Å². The molecule has 0 saturated carbocycles. The van der Waals surface area contributed by atoms with Crippen LogP contribution in [0.2, 0.25) is 0 Å². The zero-order valence-corrected chi connectivity index (χ0v) is 11.3. The number of amides is 1. The van der Waals surface area contributed by atoms with E-state index in [-0.39, 0.29) is 12.0 Å². The molecule has 1 aliphatic heterocycles. The highest BCUT2D eigenvalue weighted by molar-refractivity contribution is 5.93. The van der Waals surface area contributed by atoms with Crippen LogP contribution in [0.15, 0.2) is 24.3 Å². The van der Waals surface area contributed by atoms with E-state index < -0.39 is 0 Å². The minimum atomic E-state index is -0.00274. The normalized spacial score (nSPS) is 20.2. The van der Waals surface area contributed by atoms with Gasteiger partial charge in [-0.15, -0.1) is 0 Å². The van der Waals surface area contributed by atoms with Crippen molar-refractivity contribution in [3.05, 3.63) is 24.3 Å². The molecule has 5 heteroatoms. The van der Waals surface area contributed by atoms with E-state index in [4.69, 9.17) is 10.5 Å². The lowest BCUT2D eigenvalue weighted by Gasteiger charge is -2.30. The molecule has 3 N–H and O–H groups in total. The van der Waals surface area contributed by atoms with Crippen LogP contribution in [-0.2, 0) is 9.53 Å². The number of nitrogen functional groups attached to an aromatic ring is 1. The summed E-state index contributed by atoms with van der Waals surface area (Å²) in [6.45, 7) is 5.34. The third kappa shape index (κ3) is 4.22. The average Bonchev–Trinajstić information content (AvgIpc) is 2.39. The second kappa shape index (κ2) is 6.54. The Balaban J connectivity index is 1.77. The quantitative estimate of drug-likeness (QED) is 0.804. The molecule has 5 nitrogen and oxygen atoms in total. The average molecular weight is 263 g/mol. The maximum Gasteiger partial charge on any atom is 0.225 e. The van der Waals surface area contributed by atoms with Gasteiger partial charge in [-0.2, -0.15) is 0 Å². The number of rotatable bonds is 4. The zero-order valence-electron chi connectivity index (χ0n) is 11.3. The first-order chi connectivity index (χ1) is 9.15. The highest BCUT2D eigenvalue weighted by Gasteiger charge is 2.17. The van der Waals surface area contributed by atoms with Crippen LogP contribution < -0.4 is 11.1 Å². The molecule has 1 unspecified atom stereocenters. The van der Waals surface area contributed by atoms with E-state index in [1.807, 2.05) is 18.2 Å². The molecule has 0 aliphatic carbocycles. The van der Waals surface area contributed by atoms with Crippen LogP contribution in [0.4, 0.5) is 11.4 Å². The lowest BCUT2D eigenvalue weighted by Crippen LogP contribution is -2.42. The van der Waals surface area contributed by atoms with E-state index in [1.54, 1.807) is 6.07 Å². The Hall–Kier alpha value is -1.59. The van der Waals surface area contributed by atoms with Crippen molar-refractivity contribution >= 4 is 17.3 Å². The standard InChI is InChI=1S/C14H21N3O2/c1-11-10-17(8-9-19-11)7-6-14(18)16-13-5-3-2-4-12(13)15/h2-5,11H,6-10,15H2,1H3,(H,16,18). The Morgan fingerprint density at radius 3 is 3.05 bits per heavy atom. The molecule has 0 radical (unpaired) electrons. The summed E-state index contributed by atoms with van der Waals surface area (Å²) in [7, 11) is 0. The van der Waals surface area contributed by atoms with Crippen molar-refractivity contribution in [3.63, 3.8) is 0 Å². The molecule has 1 heterocycles. The van der Waals surface area contributed by atoms with Crippen LogP contribution in [-0.4, -0.2) is 43.2 Å². The number of para-hydroxylation sites is 2. The van der Waals surface area contributed by atoms with Gasteiger partial charge < -0.3 is 15.8 Å². The SMILES string of the molecule is CC1CN(CCC(=O)Nc2ccccc2N)CCO1. The third-order valence-corrected chi connectivity index (χ3v) is 3.22. The number of nitrogens with two attached hydrogens (primary N) is 1. The lowest BCUT2D eigenvalue weighted by atomic mass is 10.2. The maximum absolute atomic E-state index is 11.9. The molecule has 19 heavy (non-hydrogen) atoms. The number of anilines is 2. The van der Waals surface area contributed by atoms with Gasteiger partial charge in [0.05, 0.1) is 24.1 Å². The molecule has 1 amide bonds. The molecule has 104 valence electrons. The van der Waals surface area contributed by atoms with Gasteiger partial charge in [-0.05, 0) is 19.1 Å². The fourth-order valence-electron chi connectivity index (χ4n) is 2.18. The number of benzene rings is 1. The topological polar surface area (TPSA) is 67.6 Å². The molecule has 0 bridgehead atoms. The first kappa shape index (κ1) is 13.8. The van der Waals surface area contributed by atoms with Gasteiger partial charge in [0, 0.05) is 26.1 Å². The summed E-state index contributed by atoms with van der Waals surface area (Å²) in [6.07, 6.45) is 0.725. The number of hydrogen-bond donors (Lipinski definition) is 2. The van der Waals surface area contributed by atoms with Crippen molar-refractivity contribution in [2.24, 2.45) is 0 Å². The van der Waals surface area contributed by atoms with Gasteiger partial charge in [0.1, 0.15) is 0 Å². The number of hydrogen-bond acceptors (Lipinski definition) is 4. The van der Waals surface area contributed by atoms with Crippen molar-refractivity contribution in [2.45, 2.75) is 19.4 Å². The number of carbonyl (C=O) groups is 1. The summed E-state index contributed by atoms with van der Waals surface area (Å²) in [4.78, 5) is 14.1. The molecule has 1 saturated heterocycles. The van der Waals surface area contributed by atoms with Crippen molar-refractivity contribution in [3.8, 4) is 0 Å². The van der Waals surface area contributed by atoms with Crippen LogP contribution in [0, 0.1) is 0 Å². The molecule has 1 aromatic carbocycles. The van der Waals surface area contributed by atoms with Crippen molar-refractivity contribution < 1.29 is 9.53 Å². The molecule has 0 spiro atoms. The predicted octanol–water partition coefficient (Wildman–Crippen LogP) is 1.32. The van der Waals surface area contributed by atoms with E-state index in [0.29, 0.717) is 17.8 Å². The van der Waals surface area contributed by atoms with Gasteiger partial charge in [0.15, 0.2) is 0 Å². The van der Waals surface area contributed by atoms with Gasteiger partial charge in [-0.3, -0.25) is 9.69 Å². The second-order valence-electron chi connectivity index (χ2n) is 4.87. The fourth-order valence-corrected chi connectivity index (χ4v) is 2.18. The number of nitrogens with one attached hydrogen (secondary N) is 1. The number of morpholine rings is 1. The summed E-state index contributed by atoms with van der Waals surface area (Å²) in [5, 5.41) is 2.84. The monoisotopic (exact) mass is 263 g/mol. The number of nitrogens with zero attached hydrogens (tertiary/aromatic N) is 1. The van der Waals surface area contributed by atoms with E-state index in [2.05, 4.69) is 17.1 Å². The van der Waals surface area contributed by atoms with Crippen molar-refractivity contribution in [1.29, 1.82) is 0 Å². The minimum Gasteiger partial charge on any atom is -0.397 e. The Kier molecular flexibility index (Phi) is 4.76. The van der Waals surface area contributed by atoms with Crippen LogP contribution in [0.1, 0.15) is 13.3 Å². The van der Waals surface area contributed by atoms with Gasteiger partial charge in [-0.25, -0.2) is 0 Å². The summed E-state index contributed by atoms with van der Waals surface area (Å²) in [5.41, 5.74) is 7.06. The van der Waals surface area contributed by atoms with Gasteiger partial charge in [0.2, 0.25) is 5.91 Å². The van der Waals surface area contributed by atoms with E-state index in [9.17, 15) is 4.79 Å². The van der Waals surface area contributed by atoms with Crippen molar-refractivity contribution in [2.75, 3.05) is 37.3 Å². The lowest BCUT2D eigenvalue weighted by molar-refractivity contribution is -0.117. The smallest absolute Gasteiger partial charge is 0.225 e. The molecular weight excluding hydrogens is 242 g/mol. The zero-order chi connectivity index (χ0) is 13.7. The van der Waals surface area contributed by atoms with E-state index >= 15 is 0 Å². The molecule has 1 aliphatic rings. The molecule has 1 fully saturated rings. The summed E-state index contributed by atoms with van der Waals surface area (Å²) in [5.74, 6) is -0.00274. The molecule has 0 aromatic heterocycles. The Labute approximate surface area is 113 Å². The van der Waals surface area contributed by atoms with E-state index in [0.717, 1.165) is 26.2 Å². The maximum atomic E-state index is 11.9. The molecule has 1 atom stereocenters. The first-order valence-corrected chi connectivity index (χ1v) is 6.63. The Morgan fingerprint density at radius 1 is 1.53 bits per heavy atom. The van der Waals surface area contributed by atoms with E-state index in [1.165, 1.54) is 0 Å². The predicted molar refractivity (Wildman–Crippen MR) is 76.0 cm³/mol. The molecule has 1 aromatic rings. The van der Waals surface area contributed by atoms with Crippen LogP contribution in [0.5, 0.6) is 0 Å². The van der Waals surface area contributed by atoms with Crippen LogP contribution >= 0.6 is 0 Å². The molecule has 2 rings (SSSR count). The van der Waals surface area contributed by atoms with Gasteiger partial charge >= 0.3 is 0 Å². The highest BCUT2D eigenvalue weighted by Crippen LogP contribution is 2.16. The van der Waals surface area contributed by atoms with Crippen LogP contribution in [0.3, 0.4) is 0 Å². The molecular formula is C14H21N3O2. The Bertz CT molecular complexity index is 436. The number of carbonyl (C=O) groups excluding carboxylic acids is 1. The van der Waals surface area contributed by atoms with Gasteiger partial charge in [-0.1, -0.05) is 12.1 Å². The number of ether oxygens (including phenoxy) is 1. The third-order valence-electron chi connectivity index (χ3n) is 3.22. The largest absolute Gasteiger partial charge is 0.397 e. The van der Waals surface area contributed by atoms with Gasteiger partial charge in [0.25, 0.3) is 0 Å². The second-order valence-corrected chi connectivity index (χ2v) is 4.87. The summed E-state index contributed by atoms with van der Waals surface area (Å²) < 4.78 is 5.47. The summed E-state index contributed by atoms with van der Waals surface area (Å²) in [6, 6.07) is 7.29. The van der Waals surface area contributed by atoms with Crippen molar-refractivity contribution in [1.82, 2.24) is 4.90 Å². The first-order valence-electron chi connectivity index (χ1n) is 6.63. The highest BCUT2D eigenvalue weighted by atomic mass is 16.5.